The number of nitrogens with zero attached hydrogens (tertiary/aromatic N) is 10. The van der Waals surface area contributed by atoms with Gasteiger partial charge in [-0.25, -0.2) is 4.79 Å². The van der Waals surface area contributed by atoms with Gasteiger partial charge < -0.3 is 100 Å². The largest absolute Gasteiger partial charge is 0.477 e. The van der Waals surface area contributed by atoms with E-state index in [0.29, 0.717) is 44.1 Å². The molecule has 3 aliphatic rings. The van der Waals surface area contributed by atoms with E-state index in [1.165, 1.54) is 10.9 Å². The maximum Gasteiger partial charge on any atom is 0.373 e. The maximum absolute atomic E-state index is 12.7. The Kier molecular flexibility index (Phi) is 27.7. The van der Waals surface area contributed by atoms with Gasteiger partial charge in [0, 0.05) is 57.7 Å². The molecule has 1 amide bonds. The number of aliphatic hydroxyl groups excluding tert-OH is 12. The van der Waals surface area contributed by atoms with Crippen molar-refractivity contribution in [3.63, 3.8) is 0 Å². The molecule has 36 heteroatoms. The highest BCUT2D eigenvalue weighted by atomic mass is 16.7. The Hall–Kier alpha value is -5.64. The zero-order valence-corrected chi connectivity index (χ0v) is 44.9. The Morgan fingerprint density at radius 1 is 0.695 bits per heavy atom. The molecule has 462 valence electrons. The quantitative estimate of drug-likeness (QED) is 0.0307. The van der Waals surface area contributed by atoms with Crippen molar-refractivity contribution < 1.29 is 124 Å². The average Bonchev–Trinajstić information content (AvgIpc) is 2.86. The second-order valence-corrected chi connectivity index (χ2v) is 19.6. The van der Waals surface area contributed by atoms with E-state index < -0.39 is 154 Å². The summed E-state index contributed by atoms with van der Waals surface area (Å²) in [5.74, 6) is -6.26. The summed E-state index contributed by atoms with van der Waals surface area (Å²) >= 11 is 0. The van der Waals surface area contributed by atoms with E-state index in [1.807, 2.05) is 4.90 Å². The summed E-state index contributed by atoms with van der Waals surface area (Å²) in [6.07, 6.45) is -10.8. The topological polar surface area (TPSA) is 528 Å². The third-order valence-corrected chi connectivity index (χ3v) is 14.0. The van der Waals surface area contributed by atoms with Gasteiger partial charge in [-0.1, -0.05) is 29.5 Å². The monoisotopic (exact) mass is 1180 g/mol. The molecule has 0 aliphatic carbocycles. The number of carbonyl (C=O) groups excluding carboxylic acids is 5. The number of rotatable bonds is 29. The van der Waals surface area contributed by atoms with Crippen molar-refractivity contribution in [2.45, 2.75) is 171 Å². The van der Waals surface area contributed by atoms with Crippen LogP contribution >= 0.6 is 0 Å². The molecular formula is C46H73N11O25. The van der Waals surface area contributed by atoms with Crippen LogP contribution < -0.4 is 5.32 Å². The molecule has 82 heavy (non-hydrogen) atoms. The molecule has 0 saturated carbocycles. The second-order valence-electron chi connectivity index (χ2n) is 19.6. The van der Waals surface area contributed by atoms with Crippen LogP contribution in [0.3, 0.4) is 0 Å². The highest BCUT2D eigenvalue weighted by Crippen LogP contribution is 2.40. The normalized spacial score (nSPS) is 29.1. The Balaban J connectivity index is 0.00000230. The van der Waals surface area contributed by atoms with E-state index in [1.54, 1.807) is 35.6 Å². The number of amides is 1. The lowest BCUT2D eigenvalue weighted by atomic mass is 9.79. The second kappa shape index (κ2) is 33.0. The molecule has 3 saturated heterocycles. The average molecular weight is 1180 g/mol. The van der Waals surface area contributed by atoms with Crippen LogP contribution in [0.5, 0.6) is 0 Å². The minimum absolute atomic E-state index is 0.0791. The molecule has 6 rings (SSSR count). The fourth-order valence-electron chi connectivity index (χ4n) is 9.29. The van der Waals surface area contributed by atoms with E-state index in [4.69, 9.17) is 47.6 Å². The third kappa shape index (κ3) is 18.7. The van der Waals surface area contributed by atoms with Crippen LogP contribution in [-0.4, -0.2) is 278 Å². The summed E-state index contributed by atoms with van der Waals surface area (Å²) in [5, 5.41) is 161. The first kappa shape index (κ1) is 68.9. The summed E-state index contributed by atoms with van der Waals surface area (Å²) in [7, 11) is 0. The maximum atomic E-state index is 12.7. The summed E-state index contributed by atoms with van der Waals surface area (Å²) in [5.41, 5.74) is -1.46. The van der Waals surface area contributed by atoms with Gasteiger partial charge in [-0.15, -0.1) is 15.3 Å². The fraction of sp³-hybridized carbons (Fsp3) is 0.783. The Morgan fingerprint density at radius 3 is 1.45 bits per heavy atom. The van der Waals surface area contributed by atoms with Crippen LogP contribution in [-0.2, 0) is 96.6 Å². The van der Waals surface area contributed by atoms with Crippen molar-refractivity contribution in [3.05, 3.63) is 35.7 Å². The van der Waals surface area contributed by atoms with Gasteiger partial charge in [-0.2, -0.15) is 19.2 Å². The number of carboxylic acids is 1. The van der Waals surface area contributed by atoms with Crippen molar-refractivity contribution in [3.8, 4) is 0 Å². The van der Waals surface area contributed by atoms with Gasteiger partial charge in [-0.3, -0.25) is 23.7 Å². The minimum Gasteiger partial charge on any atom is -0.477 e. The number of hydrogen-bond donors (Lipinski definition) is 14. The zero-order chi connectivity index (χ0) is 60.9. The van der Waals surface area contributed by atoms with E-state index >= 15 is 0 Å². The lowest BCUT2D eigenvalue weighted by Gasteiger charge is -2.52. The van der Waals surface area contributed by atoms with Gasteiger partial charge in [0.05, 0.1) is 121 Å². The van der Waals surface area contributed by atoms with Crippen LogP contribution in [0.15, 0.2) is 18.6 Å². The lowest BCUT2D eigenvalue weighted by Crippen LogP contribution is -2.75. The van der Waals surface area contributed by atoms with Crippen molar-refractivity contribution in [1.29, 1.82) is 0 Å². The Labute approximate surface area is 466 Å². The van der Waals surface area contributed by atoms with E-state index in [-0.39, 0.29) is 50.6 Å². The molecular weight excluding hydrogens is 1110 g/mol. The summed E-state index contributed by atoms with van der Waals surface area (Å²) < 4.78 is 39.5. The van der Waals surface area contributed by atoms with E-state index in [2.05, 4.69) is 36.3 Å². The van der Waals surface area contributed by atoms with Gasteiger partial charge >= 0.3 is 18.3 Å². The zero-order valence-electron chi connectivity index (χ0n) is 44.9. The highest BCUT2D eigenvalue weighted by molar-refractivity contribution is 5.77. The van der Waals surface area contributed by atoms with Crippen LogP contribution in [0.2, 0.25) is 0 Å². The number of carbonyl (C=O) groups is 2. The molecule has 6 heterocycles. The number of hydrogen-bond acceptors (Lipinski definition) is 31. The summed E-state index contributed by atoms with van der Waals surface area (Å²) in [4.78, 5) is 59.3. The number of carboxylic acid groups (broad SMARTS) is 1. The standard InChI is InChI=1S/C44H73N11O21.2CO2/c1-23-29(61)10-35(74-39(23)37(67)32(64)16-56)71-19-26-13-53(49-46-26)7-4-52(5-8-54-14-27(47-50-54)20-72-36-11-30(62)24(2)40(75-36)38(68)33(65)17-57)6-9-55-15-28(48-51-55)21-73-44(42(69)70)12-31(63)41(45-25(3)60)43(22-59,76-44)34(66)18-58;2*2-1-3/h13-15,23-24,29-41,56-59,61-68H,4-12,16-22H2,1-3H3,(H,45,60)(H,69,70);;/t23-,24-,29-,30-,31-,32?,33?,34?,35+,36+,37?,38?,39?,40?,41-,43?,44-;;/m1../s1. The first-order chi connectivity index (χ1) is 39.0. The minimum atomic E-state index is -2.69. The molecule has 3 fully saturated rings. The number of ether oxygens (including phenoxy) is 6. The molecule has 3 aromatic heterocycles. The van der Waals surface area contributed by atoms with Crippen LogP contribution in [0.4, 0.5) is 0 Å². The molecule has 3 aromatic rings. The predicted octanol–water partition coefficient (Wildman–Crippen LogP) is -8.65. The molecule has 0 aromatic carbocycles. The Morgan fingerprint density at radius 2 is 1.10 bits per heavy atom. The van der Waals surface area contributed by atoms with Gasteiger partial charge in [0.2, 0.25) is 5.91 Å². The molecule has 36 nitrogen and oxygen atoms in total. The lowest BCUT2D eigenvalue weighted by molar-refractivity contribution is -0.351. The number of aliphatic hydroxyl groups is 12. The summed E-state index contributed by atoms with van der Waals surface area (Å²) in [6.45, 7) is 2.05. The van der Waals surface area contributed by atoms with Gasteiger partial charge in [-0.05, 0) is 0 Å². The smallest absolute Gasteiger partial charge is 0.373 e. The van der Waals surface area contributed by atoms with E-state index in [9.17, 15) is 76.0 Å². The molecule has 0 spiro atoms. The number of aliphatic carboxylic acids is 1. The van der Waals surface area contributed by atoms with Crippen molar-refractivity contribution in [2.75, 3.05) is 46.1 Å². The number of aromatic nitrogens is 9. The molecule has 14 N–H and O–H groups in total. The van der Waals surface area contributed by atoms with Crippen LogP contribution in [0.1, 0.15) is 57.1 Å². The van der Waals surface area contributed by atoms with Crippen molar-refractivity contribution in [2.24, 2.45) is 11.8 Å². The first-order valence-corrected chi connectivity index (χ1v) is 25.6. The van der Waals surface area contributed by atoms with Crippen molar-refractivity contribution >= 4 is 24.2 Å². The number of nitrogens with one attached hydrogen (secondary N) is 1. The third-order valence-electron chi connectivity index (χ3n) is 14.0. The van der Waals surface area contributed by atoms with Crippen LogP contribution in [0.25, 0.3) is 0 Å². The highest BCUT2D eigenvalue weighted by Gasteiger charge is 2.63. The predicted molar refractivity (Wildman–Crippen MR) is 259 cm³/mol. The van der Waals surface area contributed by atoms with Gasteiger partial charge in [0.25, 0.3) is 5.79 Å². The molecule has 0 radical (unpaired) electrons. The SMILES string of the molecule is CC(=O)N[C@@H]1[C@H](O)C[C@](OCc2cn(CCN(CCn3cc(CO[C@@H]4C[C@@H](O)[C@@H](C)C(C(O)C(O)CO)O4)nn3)CCn3cc(CO[C@@H]4C[C@@H](O)[C@@H](C)C(C(O)C(O)CO)O4)nn3)nn2)(C(=O)O)OC1(CO)C(O)CO.O=C=O.O=C=O. The fourth-order valence-corrected chi connectivity index (χ4v) is 9.29. The van der Waals surface area contributed by atoms with Crippen molar-refractivity contribution in [1.82, 2.24) is 55.2 Å². The van der Waals surface area contributed by atoms with Crippen LogP contribution in [0, 0.1) is 11.8 Å². The van der Waals surface area contributed by atoms with Gasteiger partial charge in [0.1, 0.15) is 53.2 Å². The molecule has 17 atom stereocenters. The Bertz CT molecular complexity index is 2360. The molecule has 3 aliphatic heterocycles. The summed E-state index contributed by atoms with van der Waals surface area (Å²) in [6, 6.07) is -1.54. The van der Waals surface area contributed by atoms with E-state index in [0.717, 1.165) is 6.92 Å². The van der Waals surface area contributed by atoms with Gasteiger partial charge in [0.15, 0.2) is 12.6 Å². The first-order valence-electron chi connectivity index (χ1n) is 25.6. The molecule has 8 unspecified atom stereocenters. The molecule has 0 bridgehead atoms.